The van der Waals surface area contributed by atoms with Gasteiger partial charge in [0, 0.05) is 0 Å². The fraction of sp³-hybridized carbons (Fsp3) is 0.975. The Morgan fingerprint density at radius 3 is 1.52 bits per heavy atom. The van der Waals surface area contributed by atoms with Gasteiger partial charge < -0.3 is 0 Å². The molecule has 4 saturated carbocycles. The second kappa shape index (κ2) is 13.3. The average Bonchev–Trinajstić information content (AvgIpc) is 2.87. The third kappa shape index (κ3) is 6.28. The maximum Gasteiger partial charge on any atom is -0.0134 e. The largest absolute Gasteiger partial charge is 0.0625 e. The van der Waals surface area contributed by atoms with Crippen molar-refractivity contribution in [2.45, 2.75) is 154 Å². The van der Waals surface area contributed by atoms with Crippen LogP contribution in [0.1, 0.15) is 154 Å². The maximum atomic E-state index is 2.73. The molecule has 4 aliphatic rings. The predicted molar refractivity (Wildman–Crippen MR) is 177 cm³/mol. The van der Waals surface area contributed by atoms with Gasteiger partial charge in [-0.15, -0.1) is 0 Å². The zero-order chi connectivity index (χ0) is 29.5. The van der Waals surface area contributed by atoms with Gasteiger partial charge in [-0.25, -0.2) is 0 Å². The van der Waals surface area contributed by atoms with Crippen LogP contribution >= 0.6 is 0 Å². The topological polar surface area (TPSA) is 0 Å². The summed E-state index contributed by atoms with van der Waals surface area (Å²) < 4.78 is 0. The minimum absolute atomic E-state index is 0.430. The van der Waals surface area contributed by atoms with E-state index in [0.29, 0.717) is 5.41 Å². The van der Waals surface area contributed by atoms with Crippen LogP contribution in [-0.4, -0.2) is 0 Å². The summed E-state index contributed by atoms with van der Waals surface area (Å²) in [7, 11) is 0. The Kier molecular flexibility index (Phi) is 11.0. The van der Waals surface area contributed by atoms with E-state index in [9.17, 15) is 0 Å². The quantitative estimate of drug-likeness (QED) is 0.294. The van der Waals surface area contributed by atoms with Crippen LogP contribution in [0.15, 0.2) is 0 Å². The van der Waals surface area contributed by atoms with E-state index in [-0.39, 0.29) is 0 Å². The van der Waals surface area contributed by atoms with Crippen LogP contribution < -0.4 is 0 Å². The van der Waals surface area contributed by atoms with E-state index in [1.807, 2.05) is 0 Å². The molecule has 4 fully saturated rings. The third-order valence-electron chi connectivity index (χ3n) is 14.0. The molecule has 0 N–H and O–H groups in total. The molecular weight excluding hydrogens is 480 g/mol. The first-order valence-corrected chi connectivity index (χ1v) is 18.6. The number of hydrogen-bond donors (Lipinski definition) is 0. The van der Waals surface area contributed by atoms with E-state index < -0.39 is 0 Å². The number of rotatable bonds is 7. The minimum Gasteiger partial charge on any atom is -0.0625 e. The molecule has 4 aliphatic carbocycles. The van der Waals surface area contributed by atoms with Gasteiger partial charge in [-0.1, -0.05) is 102 Å². The van der Waals surface area contributed by atoms with Crippen molar-refractivity contribution in [1.29, 1.82) is 0 Å². The lowest BCUT2D eigenvalue weighted by Gasteiger charge is -2.67. The standard InChI is InChI=1S/C40H73/c1-24(2)32-16-13-28(9)19-35(32)38-22-31(12)23-39(36-20-29(10)14-17-33(36)25(3)4)40(38,27(7)8)37-21-30(11)15-18-34(37)26(5)6/h24-38H,13-23H2,1-12H3. The molecule has 0 saturated heterocycles. The molecule has 4 rings (SSSR count). The van der Waals surface area contributed by atoms with Gasteiger partial charge in [-0.05, 0) is 151 Å². The van der Waals surface area contributed by atoms with Crippen LogP contribution in [0.5, 0.6) is 0 Å². The summed E-state index contributed by atoms with van der Waals surface area (Å²) in [6.45, 7) is 31.5. The van der Waals surface area contributed by atoms with Crippen molar-refractivity contribution >= 4 is 0 Å². The van der Waals surface area contributed by atoms with E-state index in [0.717, 1.165) is 88.8 Å². The van der Waals surface area contributed by atoms with E-state index in [1.54, 1.807) is 0 Å². The van der Waals surface area contributed by atoms with E-state index in [2.05, 4.69) is 89.0 Å². The molecule has 0 aromatic rings. The Morgan fingerprint density at radius 1 is 0.500 bits per heavy atom. The minimum atomic E-state index is 0.430. The molecule has 0 aromatic carbocycles. The van der Waals surface area contributed by atoms with Gasteiger partial charge in [0.05, 0.1) is 0 Å². The Hall–Kier alpha value is 0. The molecule has 0 amide bonds. The smallest absolute Gasteiger partial charge is 0.0134 e. The summed E-state index contributed by atoms with van der Waals surface area (Å²) in [5.74, 6) is 15.2. The van der Waals surface area contributed by atoms with Gasteiger partial charge in [0.15, 0.2) is 0 Å². The molecule has 233 valence electrons. The highest BCUT2D eigenvalue weighted by Gasteiger charge is 2.63. The normalized spacial score (nSPS) is 46.0. The van der Waals surface area contributed by atoms with Crippen molar-refractivity contribution in [3.05, 3.63) is 5.92 Å². The molecule has 0 nitrogen and oxygen atoms in total. The first kappa shape index (κ1) is 32.9. The van der Waals surface area contributed by atoms with Gasteiger partial charge in [0.25, 0.3) is 0 Å². The highest BCUT2D eigenvalue weighted by Crippen LogP contribution is 2.70. The van der Waals surface area contributed by atoms with Crippen molar-refractivity contribution in [3.8, 4) is 0 Å². The summed E-state index contributed by atoms with van der Waals surface area (Å²) in [4.78, 5) is 0. The molecule has 0 heteroatoms. The third-order valence-corrected chi connectivity index (χ3v) is 14.0. The number of hydrogen-bond acceptors (Lipinski definition) is 0. The highest BCUT2D eigenvalue weighted by molar-refractivity contribution is 5.23. The van der Waals surface area contributed by atoms with Crippen molar-refractivity contribution in [2.24, 2.45) is 94.2 Å². The molecule has 12 unspecified atom stereocenters. The van der Waals surface area contributed by atoms with Gasteiger partial charge in [0.1, 0.15) is 0 Å². The molecule has 0 aromatic heterocycles. The van der Waals surface area contributed by atoms with Crippen LogP contribution in [0.25, 0.3) is 0 Å². The van der Waals surface area contributed by atoms with E-state index in [4.69, 9.17) is 0 Å². The maximum absolute atomic E-state index is 2.73. The van der Waals surface area contributed by atoms with Gasteiger partial charge in [-0.2, -0.15) is 0 Å². The lowest BCUT2D eigenvalue weighted by atomic mass is 9.38. The van der Waals surface area contributed by atoms with Crippen LogP contribution in [0.4, 0.5) is 0 Å². The molecule has 0 spiro atoms. The van der Waals surface area contributed by atoms with Gasteiger partial charge in [-0.3, -0.25) is 0 Å². The lowest BCUT2D eigenvalue weighted by molar-refractivity contribution is -0.128. The fourth-order valence-corrected chi connectivity index (χ4v) is 12.3. The van der Waals surface area contributed by atoms with Crippen LogP contribution in [0.2, 0.25) is 0 Å². The molecular formula is C40H73. The second-order valence-electron chi connectivity index (χ2n) is 18.1. The predicted octanol–water partition coefficient (Wildman–Crippen LogP) is 12.4. The van der Waals surface area contributed by atoms with Crippen molar-refractivity contribution < 1.29 is 0 Å². The lowest BCUT2D eigenvalue weighted by Crippen LogP contribution is -2.60. The summed E-state index contributed by atoms with van der Waals surface area (Å²) in [5, 5.41) is 0. The Bertz CT molecular complexity index is 731. The van der Waals surface area contributed by atoms with Gasteiger partial charge >= 0.3 is 0 Å². The Balaban J connectivity index is 1.95. The zero-order valence-electron chi connectivity index (χ0n) is 29.4. The molecule has 12 atom stereocenters. The summed E-state index contributed by atoms with van der Waals surface area (Å²) in [6.07, 6.45) is 16.3. The van der Waals surface area contributed by atoms with Crippen molar-refractivity contribution in [1.82, 2.24) is 0 Å². The zero-order valence-corrected chi connectivity index (χ0v) is 29.4. The fourth-order valence-electron chi connectivity index (χ4n) is 12.3. The first-order valence-electron chi connectivity index (χ1n) is 18.6. The average molecular weight is 554 g/mol. The molecule has 1 radical (unpaired) electrons. The van der Waals surface area contributed by atoms with E-state index in [1.165, 1.54) is 70.6 Å². The molecule has 0 heterocycles. The molecule has 40 heavy (non-hydrogen) atoms. The first-order chi connectivity index (χ1) is 18.8. The van der Waals surface area contributed by atoms with Crippen molar-refractivity contribution in [2.75, 3.05) is 0 Å². The van der Waals surface area contributed by atoms with Crippen molar-refractivity contribution in [3.63, 3.8) is 0 Å². The van der Waals surface area contributed by atoms with Crippen LogP contribution in [-0.2, 0) is 0 Å². The highest BCUT2D eigenvalue weighted by atomic mass is 14.7. The SMILES string of the molecule is CC1CCC(C(C)C)C([C]2CC(C)CC(C3CC(C)CCC3C(C)C)C2(C(C)C)C2CC(C)CCC2C(C)C)C1. The second-order valence-corrected chi connectivity index (χ2v) is 18.1. The van der Waals surface area contributed by atoms with Crippen LogP contribution in [0, 0.1) is 100 Å². The Morgan fingerprint density at radius 2 is 0.975 bits per heavy atom. The van der Waals surface area contributed by atoms with Gasteiger partial charge in [0.2, 0.25) is 0 Å². The summed E-state index contributed by atoms with van der Waals surface area (Å²) >= 11 is 0. The molecule has 0 aliphatic heterocycles. The molecule has 0 bridgehead atoms. The Labute approximate surface area is 253 Å². The van der Waals surface area contributed by atoms with Crippen LogP contribution in [0.3, 0.4) is 0 Å². The van der Waals surface area contributed by atoms with E-state index >= 15 is 0 Å². The monoisotopic (exact) mass is 554 g/mol. The summed E-state index contributed by atoms with van der Waals surface area (Å²) in [5.41, 5.74) is 0.430. The summed E-state index contributed by atoms with van der Waals surface area (Å²) in [6, 6.07) is 0.